The molecule has 1 unspecified atom stereocenters. The van der Waals surface area contributed by atoms with E-state index in [0.717, 1.165) is 0 Å². The fourth-order valence-electron chi connectivity index (χ4n) is 2.53. The third-order valence-electron chi connectivity index (χ3n) is 3.96. The molecule has 1 heterocycles. The predicted octanol–water partition coefficient (Wildman–Crippen LogP) is 2.83. The summed E-state index contributed by atoms with van der Waals surface area (Å²) in [6.07, 6.45) is 2.66. The van der Waals surface area contributed by atoms with Gasteiger partial charge in [0.25, 0.3) is 5.69 Å². The first-order valence-corrected chi connectivity index (χ1v) is 9.24. The van der Waals surface area contributed by atoms with Gasteiger partial charge >= 0.3 is 5.97 Å². The molecule has 26 heavy (non-hydrogen) atoms. The molecule has 1 fully saturated rings. The van der Waals surface area contributed by atoms with Crippen molar-refractivity contribution in [2.24, 2.45) is 0 Å². The zero-order chi connectivity index (χ0) is 19.3. The fourth-order valence-corrected chi connectivity index (χ4v) is 3.27. The lowest BCUT2D eigenvalue weighted by atomic mass is 10.1. The number of hydrogen-bond acceptors (Lipinski definition) is 7. The van der Waals surface area contributed by atoms with Gasteiger partial charge in [-0.05, 0) is 24.0 Å². The van der Waals surface area contributed by atoms with Crippen LogP contribution in [0.3, 0.4) is 0 Å². The number of likely N-dealkylation sites (tertiary alicyclic amines) is 1. The highest BCUT2D eigenvalue weighted by atomic mass is 32.2. The monoisotopic (exact) mass is 380 g/mol. The minimum Gasteiger partial charge on any atom is -0.499 e. The molecule has 0 aromatic heterocycles. The van der Waals surface area contributed by atoms with Crippen LogP contribution < -0.4 is 0 Å². The number of hydrogen-bond donors (Lipinski definition) is 0. The maximum atomic E-state index is 12.6. The molecule has 0 radical (unpaired) electrons. The Balaban J connectivity index is 2.15. The number of nitro benzene ring substituents is 1. The highest BCUT2D eigenvalue weighted by Crippen LogP contribution is 2.34. The van der Waals surface area contributed by atoms with Gasteiger partial charge < -0.3 is 9.47 Å². The second-order valence-electron chi connectivity index (χ2n) is 5.49. The van der Waals surface area contributed by atoms with Crippen LogP contribution in [-0.2, 0) is 25.7 Å². The molecule has 0 spiro atoms. The first kappa shape index (κ1) is 19.8. The predicted molar refractivity (Wildman–Crippen MR) is 96.0 cm³/mol. The molecule has 9 heteroatoms. The van der Waals surface area contributed by atoms with E-state index in [0.29, 0.717) is 24.2 Å². The van der Waals surface area contributed by atoms with Crippen molar-refractivity contribution in [1.29, 1.82) is 0 Å². The summed E-state index contributed by atoms with van der Waals surface area (Å²) in [6.45, 7) is 1.76. The molecule has 1 aromatic rings. The Morgan fingerprint density at radius 3 is 2.50 bits per heavy atom. The number of nitrogens with zero attached hydrogens (tertiary/aromatic N) is 2. The molecule has 1 amide bonds. The molecule has 0 saturated carbocycles. The maximum absolute atomic E-state index is 12.6. The van der Waals surface area contributed by atoms with E-state index in [1.807, 2.05) is 13.2 Å². The van der Waals surface area contributed by atoms with E-state index in [4.69, 9.17) is 9.47 Å². The van der Waals surface area contributed by atoms with Crippen LogP contribution in [0.1, 0.15) is 25.3 Å². The molecular weight excluding hydrogens is 360 g/mol. The van der Waals surface area contributed by atoms with Crippen LogP contribution in [-0.4, -0.2) is 40.4 Å². The standard InChI is InChI=1S/C17H20N2O6S/c1-4-13(24-2)16(18-14(20)9-15(18)26-3)17(21)25-10-11-5-7-12(8-6-11)19(22)23/h5-8,15H,4,9-10H2,1-3H3. The summed E-state index contributed by atoms with van der Waals surface area (Å²) in [5, 5.41) is 10.5. The molecule has 0 N–H and O–H groups in total. The van der Waals surface area contributed by atoms with Crippen molar-refractivity contribution in [2.75, 3.05) is 13.4 Å². The van der Waals surface area contributed by atoms with E-state index in [1.165, 1.54) is 48.0 Å². The molecule has 2 rings (SSSR count). The van der Waals surface area contributed by atoms with Gasteiger partial charge in [-0.3, -0.25) is 19.8 Å². The molecule has 1 aromatic carbocycles. The van der Waals surface area contributed by atoms with Crippen molar-refractivity contribution < 1.29 is 24.0 Å². The highest BCUT2D eigenvalue weighted by Gasteiger charge is 2.42. The van der Waals surface area contributed by atoms with E-state index in [2.05, 4.69) is 0 Å². The third-order valence-corrected chi connectivity index (χ3v) is 4.88. The number of benzene rings is 1. The van der Waals surface area contributed by atoms with Crippen LogP contribution in [0.25, 0.3) is 0 Å². The van der Waals surface area contributed by atoms with Gasteiger partial charge in [0, 0.05) is 18.6 Å². The van der Waals surface area contributed by atoms with E-state index in [9.17, 15) is 19.7 Å². The fraction of sp³-hybridized carbons (Fsp3) is 0.412. The van der Waals surface area contributed by atoms with Crippen LogP contribution >= 0.6 is 11.8 Å². The number of esters is 1. The topological polar surface area (TPSA) is 99.0 Å². The number of rotatable bonds is 8. The van der Waals surface area contributed by atoms with Crippen LogP contribution in [0.4, 0.5) is 5.69 Å². The van der Waals surface area contributed by atoms with Gasteiger partial charge in [0.05, 0.1) is 23.8 Å². The Bertz CT molecular complexity index is 725. The number of nitro groups is 1. The van der Waals surface area contributed by atoms with Gasteiger partial charge in [0.2, 0.25) is 5.91 Å². The minimum atomic E-state index is -0.658. The van der Waals surface area contributed by atoms with Gasteiger partial charge in [-0.15, -0.1) is 11.8 Å². The number of carbonyl (C=O) groups excluding carboxylic acids is 2. The average molecular weight is 380 g/mol. The molecule has 1 aliphatic heterocycles. The molecule has 8 nitrogen and oxygen atoms in total. The largest absolute Gasteiger partial charge is 0.499 e. The van der Waals surface area contributed by atoms with Gasteiger partial charge in [-0.1, -0.05) is 6.92 Å². The zero-order valence-corrected chi connectivity index (χ0v) is 15.6. The number of ether oxygens (including phenoxy) is 2. The second-order valence-corrected chi connectivity index (χ2v) is 6.50. The van der Waals surface area contributed by atoms with Crippen LogP contribution in [0.15, 0.2) is 35.7 Å². The van der Waals surface area contributed by atoms with E-state index < -0.39 is 10.9 Å². The zero-order valence-electron chi connectivity index (χ0n) is 14.8. The Morgan fingerprint density at radius 1 is 1.38 bits per heavy atom. The summed E-state index contributed by atoms with van der Waals surface area (Å²) in [7, 11) is 1.45. The van der Waals surface area contributed by atoms with Crippen molar-refractivity contribution in [3.8, 4) is 0 Å². The lowest BCUT2D eigenvalue weighted by molar-refractivity contribution is -0.384. The summed E-state index contributed by atoms with van der Waals surface area (Å²) in [5.74, 6) is -0.436. The van der Waals surface area contributed by atoms with Crippen molar-refractivity contribution in [2.45, 2.75) is 31.7 Å². The number of amides is 1. The van der Waals surface area contributed by atoms with Crippen molar-refractivity contribution >= 4 is 29.3 Å². The summed E-state index contributed by atoms with van der Waals surface area (Å²) in [4.78, 5) is 36.2. The summed E-state index contributed by atoms with van der Waals surface area (Å²) in [6, 6.07) is 5.72. The van der Waals surface area contributed by atoms with Crippen LogP contribution in [0.5, 0.6) is 0 Å². The summed E-state index contributed by atoms with van der Waals surface area (Å²) < 4.78 is 10.6. The maximum Gasteiger partial charge on any atom is 0.358 e. The van der Waals surface area contributed by atoms with E-state index >= 15 is 0 Å². The lowest BCUT2D eigenvalue weighted by Gasteiger charge is -2.40. The van der Waals surface area contributed by atoms with Gasteiger partial charge in [0.15, 0.2) is 5.70 Å². The minimum absolute atomic E-state index is 0.0395. The molecule has 0 bridgehead atoms. The van der Waals surface area contributed by atoms with Gasteiger partial charge in [0.1, 0.15) is 12.4 Å². The lowest BCUT2D eigenvalue weighted by Crippen LogP contribution is -2.52. The van der Waals surface area contributed by atoms with Crippen LogP contribution in [0.2, 0.25) is 0 Å². The quantitative estimate of drug-likeness (QED) is 0.171. The Morgan fingerprint density at radius 2 is 2.04 bits per heavy atom. The Kier molecular flexibility index (Phi) is 6.62. The van der Waals surface area contributed by atoms with E-state index in [1.54, 1.807) is 0 Å². The van der Waals surface area contributed by atoms with E-state index in [-0.39, 0.29) is 29.3 Å². The van der Waals surface area contributed by atoms with Crippen LogP contribution in [0, 0.1) is 10.1 Å². The molecule has 1 saturated heterocycles. The highest BCUT2D eigenvalue weighted by molar-refractivity contribution is 7.99. The number of carbonyl (C=O) groups is 2. The third kappa shape index (κ3) is 4.16. The molecular formula is C17H20N2O6S. The van der Waals surface area contributed by atoms with Crippen molar-refractivity contribution in [1.82, 2.24) is 4.90 Å². The number of thioether (sulfide) groups is 1. The van der Waals surface area contributed by atoms with Gasteiger partial charge in [-0.2, -0.15) is 0 Å². The number of non-ortho nitro benzene ring substituents is 1. The molecule has 1 aliphatic rings. The summed E-state index contributed by atoms with van der Waals surface area (Å²) >= 11 is 1.47. The average Bonchev–Trinajstić information content (AvgIpc) is 2.64. The first-order chi connectivity index (χ1) is 12.4. The van der Waals surface area contributed by atoms with Crippen molar-refractivity contribution in [3.63, 3.8) is 0 Å². The summed E-state index contributed by atoms with van der Waals surface area (Å²) in [5.41, 5.74) is 0.685. The number of β-lactam (4-membered cyclic amide) rings is 1. The smallest absolute Gasteiger partial charge is 0.358 e. The first-order valence-electron chi connectivity index (χ1n) is 7.95. The normalized spacial score (nSPS) is 17.3. The van der Waals surface area contributed by atoms with Gasteiger partial charge in [-0.25, -0.2) is 4.79 Å². The molecule has 1 atom stereocenters. The SMILES string of the molecule is CCC(OC)=C(C(=O)OCc1ccc([N+](=O)[O-])cc1)N1C(=O)CC1SC. The Labute approximate surface area is 155 Å². The Hall–Kier alpha value is -2.55. The number of methoxy groups -OCH3 is 1. The molecule has 140 valence electrons. The van der Waals surface area contributed by atoms with Crippen molar-refractivity contribution in [3.05, 3.63) is 51.4 Å². The number of allylic oxidation sites excluding steroid dienone is 1. The molecule has 0 aliphatic carbocycles. The second kappa shape index (κ2) is 8.70.